The highest BCUT2D eigenvalue weighted by atomic mass is 35.5. The summed E-state index contributed by atoms with van der Waals surface area (Å²) in [4.78, 5) is 32.1. The van der Waals surface area contributed by atoms with E-state index in [1.54, 1.807) is 43.9 Å². The predicted molar refractivity (Wildman–Crippen MR) is 149 cm³/mol. The second-order valence-electron chi connectivity index (χ2n) is 9.89. The number of carbonyl (C=O) groups is 2. The quantitative estimate of drug-likeness (QED) is 0.542. The van der Waals surface area contributed by atoms with Crippen LogP contribution in [0.4, 0.5) is 10.5 Å². The van der Waals surface area contributed by atoms with Crippen molar-refractivity contribution < 1.29 is 22.7 Å². The number of nitrogens with zero attached hydrogens (tertiary/aromatic N) is 2. The molecule has 0 unspecified atom stereocenters. The number of aliphatic imine (C=N–C) groups is 1. The molecule has 198 valence electrons. The topological polar surface area (TPSA) is 105 Å². The number of rotatable bonds is 5. The van der Waals surface area contributed by atoms with E-state index < -0.39 is 39.5 Å². The number of hydrogen-bond donors (Lipinski definition) is 1. The molecule has 2 aliphatic heterocycles. The Bertz CT molecular complexity index is 1330. The van der Waals surface area contributed by atoms with Crippen molar-refractivity contribution in [3.63, 3.8) is 0 Å². The number of hydrogen-bond acceptors (Lipinski definition) is 6. The fourth-order valence-electron chi connectivity index (χ4n) is 4.19. The van der Waals surface area contributed by atoms with Crippen molar-refractivity contribution >= 4 is 67.7 Å². The van der Waals surface area contributed by atoms with Crippen LogP contribution in [0.1, 0.15) is 26.3 Å². The van der Waals surface area contributed by atoms with Crippen LogP contribution in [-0.4, -0.2) is 60.0 Å². The number of carbonyl (C=O) groups excluding carboxylic acids is 2. The van der Waals surface area contributed by atoms with Gasteiger partial charge in [0.05, 0.1) is 28.3 Å². The average Bonchev–Trinajstić information content (AvgIpc) is 3.24. The molecular weight excluding hydrogens is 557 g/mol. The molecule has 2 heterocycles. The van der Waals surface area contributed by atoms with Crippen LogP contribution in [0.25, 0.3) is 0 Å². The first-order valence-corrected chi connectivity index (χ1v) is 15.0. The molecule has 0 aliphatic carbocycles. The lowest BCUT2D eigenvalue weighted by Crippen LogP contribution is -2.45. The van der Waals surface area contributed by atoms with E-state index in [0.29, 0.717) is 20.9 Å². The third-order valence-corrected chi connectivity index (χ3v) is 9.46. The number of thioether (sulfide) groups is 1. The van der Waals surface area contributed by atoms with Crippen LogP contribution in [0.2, 0.25) is 10.0 Å². The normalized spacial score (nSPS) is 22.5. The Labute approximate surface area is 230 Å². The minimum absolute atomic E-state index is 0.0269. The molecule has 2 aromatic rings. The Balaban J connectivity index is 1.67. The fourth-order valence-corrected chi connectivity index (χ4v) is 8.61. The van der Waals surface area contributed by atoms with Gasteiger partial charge in [-0.3, -0.25) is 4.79 Å². The molecule has 3 atom stereocenters. The van der Waals surface area contributed by atoms with Gasteiger partial charge in [0.2, 0.25) is 0 Å². The molecule has 4 rings (SSSR count). The number of fused-ring (bicyclic) bond motifs is 1. The maximum absolute atomic E-state index is 13.5. The van der Waals surface area contributed by atoms with Crippen LogP contribution in [0, 0.1) is 0 Å². The van der Waals surface area contributed by atoms with Gasteiger partial charge in [-0.15, -0.1) is 0 Å². The van der Waals surface area contributed by atoms with Gasteiger partial charge in [0, 0.05) is 16.7 Å². The van der Waals surface area contributed by atoms with E-state index in [-0.39, 0.29) is 23.2 Å². The van der Waals surface area contributed by atoms with Crippen LogP contribution >= 0.6 is 35.0 Å². The number of alkyl carbamates (subject to hydrolysis) is 1. The summed E-state index contributed by atoms with van der Waals surface area (Å²) in [6.45, 7) is 5.20. The molecule has 0 radical (unpaired) electrons. The highest BCUT2D eigenvalue weighted by molar-refractivity contribution is 8.16. The molecule has 0 bridgehead atoms. The van der Waals surface area contributed by atoms with E-state index in [2.05, 4.69) is 10.3 Å². The van der Waals surface area contributed by atoms with Gasteiger partial charge in [0.1, 0.15) is 11.6 Å². The molecule has 0 aromatic heterocycles. The van der Waals surface area contributed by atoms with E-state index in [1.807, 2.05) is 30.3 Å². The van der Waals surface area contributed by atoms with Gasteiger partial charge in [-0.05, 0) is 44.5 Å². The summed E-state index contributed by atoms with van der Waals surface area (Å²) in [6.07, 6.45) is -0.537. The summed E-state index contributed by atoms with van der Waals surface area (Å²) in [5.74, 6) is -0.698. The second kappa shape index (κ2) is 10.8. The SMILES string of the molecule is CC(C)(C)OC(=O)N[C@H](Cc1ccccc1)C(=O)N=C1S[C@@H]2CS(=O)(=O)C[C@@H]2N1c1ccc(Cl)cc1Cl. The van der Waals surface area contributed by atoms with E-state index >= 15 is 0 Å². The molecule has 2 amide bonds. The number of ether oxygens (including phenoxy) is 1. The number of nitrogens with one attached hydrogen (secondary N) is 1. The van der Waals surface area contributed by atoms with Crippen molar-refractivity contribution in [3.05, 3.63) is 64.1 Å². The van der Waals surface area contributed by atoms with Gasteiger partial charge < -0.3 is 15.0 Å². The summed E-state index contributed by atoms with van der Waals surface area (Å²) in [6, 6.07) is 12.7. The Hall–Kier alpha value is -2.27. The number of anilines is 1. The Kier molecular flexibility index (Phi) is 8.13. The lowest BCUT2D eigenvalue weighted by atomic mass is 10.1. The molecule has 37 heavy (non-hydrogen) atoms. The van der Waals surface area contributed by atoms with E-state index in [9.17, 15) is 18.0 Å². The molecule has 2 fully saturated rings. The summed E-state index contributed by atoms with van der Waals surface area (Å²) in [5.41, 5.74) is 0.592. The Morgan fingerprint density at radius 2 is 1.86 bits per heavy atom. The monoisotopic (exact) mass is 583 g/mol. The summed E-state index contributed by atoms with van der Waals surface area (Å²) in [7, 11) is -3.25. The predicted octanol–water partition coefficient (Wildman–Crippen LogP) is 4.73. The standard InChI is InChI=1S/C25H27Cl2N3O5S2/c1-25(2,3)35-24(32)28-18(11-15-7-5-4-6-8-15)22(31)29-23-30(19-10-9-16(26)12-17(19)27)20-13-37(33,34)14-21(20)36-23/h4-10,12,18,20-21H,11,13-14H2,1-3H3,(H,28,32)/t18-,20+,21-/m1/s1. The zero-order valence-electron chi connectivity index (χ0n) is 20.5. The van der Waals surface area contributed by atoms with Crippen LogP contribution < -0.4 is 10.2 Å². The van der Waals surface area contributed by atoms with Crippen LogP contribution in [0.5, 0.6) is 0 Å². The molecule has 2 aromatic carbocycles. The van der Waals surface area contributed by atoms with Crippen molar-refractivity contribution in [2.45, 2.75) is 50.1 Å². The van der Waals surface area contributed by atoms with Crippen molar-refractivity contribution in [2.24, 2.45) is 4.99 Å². The van der Waals surface area contributed by atoms with Gasteiger partial charge in [0.15, 0.2) is 15.0 Å². The molecule has 0 saturated carbocycles. The highest BCUT2D eigenvalue weighted by Gasteiger charge is 2.50. The molecule has 2 aliphatic rings. The molecule has 2 saturated heterocycles. The second-order valence-corrected chi connectivity index (χ2v) is 14.1. The number of benzene rings is 2. The number of amidine groups is 1. The van der Waals surface area contributed by atoms with Crippen molar-refractivity contribution in [1.82, 2.24) is 5.32 Å². The molecule has 0 spiro atoms. The smallest absolute Gasteiger partial charge is 0.408 e. The third-order valence-electron chi connectivity index (χ3n) is 5.71. The lowest BCUT2D eigenvalue weighted by Gasteiger charge is -2.26. The third kappa shape index (κ3) is 6.98. The number of halogens is 2. The number of amides is 2. The Morgan fingerprint density at radius 1 is 1.16 bits per heavy atom. The van der Waals surface area contributed by atoms with Crippen molar-refractivity contribution in [2.75, 3.05) is 16.4 Å². The maximum atomic E-state index is 13.5. The van der Waals surface area contributed by atoms with Gasteiger partial charge in [-0.25, -0.2) is 13.2 Å². The summed E-state index contributed by atoms with van der Waals surface area (Å²) < 4.78 is 30.1. The van der Waals surface area contributed by atoms with Gasteiger partial charge in [0.25, 0.3) is 5.91 Å². The van der Waals surface area contributed by atoms with Gasteiger partial charge >= 0.3 is 6.09 Å². The summed E-state index contributed by atoms with van der Waals surface area (Å²) in [5, 5.41) is 3.40. The van der Waals surface area contributed by atoms with Crippen LogP contribution in [0.15, 0.2) is 53.5 Å². The minimum Gasteiger partial charge on any atom is -0.444 e. The summed E-state index contributed by atoms with van der Waals surface area (Å²) >= 11 is 13.8. The highest BCUT2D eigenvalue weighted by Crippen LogP contribution is 2.43. The largest absolute Gasteiger partial charge is 0.444 e. The Morgan fingerprint density at radius 3 is 2.51 bits per heavy atom. The first-order valence-electron chi connectivity index (χ1n) is 11.6. The molecule has 12 heteroatoms. The molecular formula is C25H27Cl2N3O5S2. The van der Waals surface area contributed by atoms with Crippen LogP contribution in [0.3, 0.4) is 0 Å². The van der Waals surface area contributed by atoms with E-state index in [1.165, 1.54) is 11.8 Å². The van der Waals surface area contributed by atoms with E-state index in [0.717, 1.165) is 5.56 Å². The molecule has 1 N–H and O–H groups in total. The zero-order chi connectivity index (χ0) is 27.0. The fraction of sp³-hybridized carbons (Fsp3) is 0.400. The first kappa shape index (κ1) is 27.8. The zero-order valence-corrected chi connectivity index (χ0v) is 23.6. The lowest BCUT2D eigenvalue weighted by molar-refractivity contribution is -0.119. The van der Waals surface area contributed by atoms with Gasteiger partial charge in [-0.1, -0.05) is 65.3 Å². The van der Waals surface area contributed by atoms with Gasteiger partial charge in [-0.2, -0.15) is 4.99 Å². The number of sulfone groups is 1. The minimum atomic E-state index is -3.25. The van der Waals surface area contributed by atoms with Crippen molar-refractivity contribution in [3.8, 4) is 0 Å². The van der Waals surface area contributed by atoms with E-state index in [4.69, 9.17) is 27.9 Å². The molecule has 8 nitrogen and oxygen atoms in total. The first-order chi connectivity index (χ1) is 17.3. The maximum Gasteiger partial charge on any atom is 0.408 e. The average molecular weight is 585 g/mol. The van der Waals surface area contributed by atoms with Crippen LogP contribution in [-0.2, 0) is 25.8 Å². The van der Waals surface area contributed by atoms with Crippen molar-refractivity contribution in [1.29, 1.82) is 0 Å².